The lowest BCUT2D eigenvalue weighted by Gasteiger charge is -2.17. The van der Waals surface area contributed by atoms with E-state index in [0.29, 0.717) is 48.7 Å². The van der Waals surface area contributed by atoms with E-state index in [2.05, 4.69) is 15.0 Å². The van der Waals surface area contributed by atoms with E-state index < -0.39 is 0 Å². The second kappa shape index (κ2) is 7.81. The van der Waals surface area contributed by atoms with Gasteiger partial charge in [-0.05, 0) is 35.4 Å². The SMILES string of the molecule is CC(C)c1noc(CN2CCOc3c(O)cc(-c4cccc(Cl)c4)cc3C2)n1. The van der Waals surface area contributed by atoms with Gasteiger partial charge in [0, 0.05) is 29.6 Å². The normalized spacial score (nSPS) is 14.6. The molecule has 1 aliphatic heterocycles. The molecule has 0 unspecified atom stereocenters. The number of hydrogen-bond donors (Lipinski definition) is 1. The van der Waals surface area contributed by atoms with Crippen LogP contribution in [0.1, 0.15) is 37.0 Å². The Morgan fingerprint density at radius 2 is 2.07 bits per heavy atom. The van der Waals surface area contributed by atoms with Gasteiger partial charge in [-0.3, -0.25) is 4.90 Å². The molecule has 28 heavy (non-hydrogen) atoms. The van der Waals surface area contributed by atoms with Crippen LogP contribution in [0.3, 0.4) is 0 Å². The maximum atomic E-state index is 10.5. The molecule has 0 saturated carbocycles. The lowest BCUT2D eigenvalue weighted by Crippen LogP contribution is -2.25. The summed E-state index contributed by atoms with van der Waals surface area (Å²) in [7, 11) is 0. The highest BCUT2D eigenvalue weighted by Crippen LogP contribution is 2.38. The lowest BCUT2D eigenvalue weighted by molar-refractivity contribution is 0.194. The Hall–Kier alpha value is -2.57. The van der Waals surface area contributed by atoms with E-state index >= 15 is 0 Å². The number of benzene rings is 2. The summed E-state index contributed by atoms with van der Waals surface area (Å²) < 4.78 is 11.2. The van der Waals surface area contributed by atoms with Crippen molar-refractivity contribution in [3.05, 3.63) is 58.7 Å². The van der Waals surface area contributed by atoms with Crippen LogP contribution in [0.2, 0.25) is 5.02 Å². The zero-order valence-electron chi connectivity index (χ0n) is 15.9. The largest absolute Gasteiger partial charge is 0.504 e. The van der Waals surface area contributed by atoms with Gasteiger partial charge in [-0.25, -0.2) is 0 Å². The monoisotopic (exact) mass is 399 g/mol. The first kappa shape index (κ1) is 18.8. The number of phenolic OH excluding ortho intramolecular Hbond substituents is 1. The molecule has 2 aromatic carbocycles. The molecule has 0 atom stereocenters. The molecular formula is C21H22ClN3O3. The molecule has 146 valence electrons. The van der Waals surface area contributed by atoms with E-state index in [1.807, 2.05) is 44.2 Å². The van der Waals surface area contributed by atoms with Crippen LogP contribution in [0.15, 0.2) is 40.9 Å². The zero-order valence-corrected chi connectivity index (χ0v) is 16.6. The van der Waals surface area contributed by atoms with Crippen molar-refractivity contribution in [1.82, 2.24) is 15.0 Å². The molecule has 0 radical (unpaired) electrons. The van der Waals surface area contributed by atoms with Gasteiger partial charge in [-0.2, -0.15) is 4.98 Å². The van der Waals surface area contributed by atoms with Crippen LogP contribution >= 0.6 is 11.6 Å². The summed E-state index contributed by atoms with van der Waals surface area (Å²) in [5.41, 5.74) is 2.75. The van der Waals surface area contributed by atoms with Crippen LogP contribution in [0.5, 0.6) is 11.5 Å². The van der Waals surface area contributed by atoms with Crippen molar-refractivity contribution in [3.63, 3.8) is 0 Å². The minimum absolute atomic E-state index is 0.134. The Kier molecular flexibility index (Phi) is 5.24. The van der Waals surface area contributed by atoms with Gasteiger partial charge >= 0.3 is 0 Å². The van der Waals surface area contributed by atoms with Crippen LogP contribution < -0.4 is 4.74 Å². The molecule has 1 N–H and O–H groups in total. The highest BCUT2D eigenvalue weighted by Gasteiger charge is 2.22. The van der Waals surface area contributed by atoms with Gasteiger partial charge in [0.15, 0.2) is 17.3 Å². The molecule has 4 rings (SSSR count). The van der Waals surface area contributed by atoms with Gasteiger partial charge in [0.2, 0.25) is 5.89 Å². The van der Waals surface area contributed by atoms with Crippen molar-refractivity contribution < 1.29 is 14.4 Å². The summed E-state index contributed by atoms with van der Waals surface area (Å²) in [5, 5.41) is 15.2. The summed E-state index contributed by atoms with van der Waals surface area (Å²) in [5.74, 6) is 2.18. The number of ether oxygens (including phenoxy) is 1. The lowest BCUT2D eigenvalue weighted by atomic mass is 10.0. The number of fused-ring (bicyclic) bond motifs is 1. The molecule has 0 bridgehead atoms. The second-order valence-corrected chi connectivity index (χ2v) is 7.69. The van der Waals surface area contributed by atoms with Crippen molar-refractivity contribution in [2.45, 2.75) is 32.9 Å². The molecule has 0 fully saturated rings. The molecule has 3 aromatic rings. The minimum Gasteiger partial charge on any atom is -0.504 e. The smallest absolute Gasteiger partial charge is 0.240 e. The average molecular weight is 400 g/mol. The highest BCUT2D eigenvalue weighted by molar-refractivity contribution is 6.30. The Balaban J connectivity index is 1.60. The van der Waals surface area contributed by atoms with Crippen LogP contribution in [-0.4, -0.2) is 33.3 Å². The maximum Gasteiger partial charge on any atom is 0.240 e. The summed E-state index contributed by atoms with van der Waals surface area (Å²) in [6.07, 6.45) is 0. The first-order chi connectivity index (χ1) is 13.5. The fourth-order valence-corrected chi connectivity index (χ4v) is 3.47. The number of hydrogen-bond acceptors (Lipinski definition) is 6. The number of nitrogens with zero attached hydrogens (tertiary/aromatic N) is 3. The number of aromatic nitrogens is 2. The average Bonchev–Trinajstić information content (AvgIpc) is 3.02. The summed E-state index contributed by atoms with van der Waals surface area (Å²) >= 11 is 6.12. The van der Waals surface area contributed by atoms with E-state index in [1.165, 1.54) is 0 Å². The maximum absolute atomic E-state index is 10.5. The van der Waals surface area contributed by atoms with Gasteiger partial charge in [0.05, 0.1) is 6.54 Å². The Morgan fingerprint density at radius 1 is 1.21 bits per heavy atom. The van der Waals surface area contributed by atoms with Crippen molar-refractivity contribution in [1.29, 1.82) is 0 Å². The van der Waals surface area contributed by atoms with Gasteiger partial charge in [0.25, 0.3) is 0 Å². The third kappa shape index (κ3) is 3.98. The molecule has 6 nitrogen and oxygen atoms in total. The highest BCUT2D eigenvalue weighted by atomic mass is 35.5. The first-order valence-corrected chi connectivity index (χ1v) is 9.67. The van der Waals surface area contributed by atoms with E-state index in [4.69, 9.17) is 20.9 Å². The molecule has 0 spiro atoms. The van der Waals surface area contributed by atoms with Crippen molar-refractivity contribution >= 4 is 11.6 Å². The molecule has 2 heterocycles. The third-order valence-electron chi connectivity index (χ3n) is 4.71. The second-order valence-electron chi connectivity index (χ2n) is 7.25. The van der Waals surface area contributed by atoms with Crippen molar-refractivity contribution in [2.75, 3.05) is 13.2 Å². The Labute approximate surface area is 168 Å². The predicted molar refractivity (Wildman–Crippen MR) is 107 cm³/mol. The summed E-state index contributed by atoms with van der Waals surface area (Å²) in [6, 6.07) is 11.3. The van der Waals surface area contributed by atoms with E-state index in [0.717, 1.165) is 16.7 Å². The van der Waals surface area contributed by atoms with E-state index in [9.17, 15) is 5.11 Å². The summed E-state index contributed by atoms with van der Waals surface area (Å²) in [6.45, 7) is 6.37. The molecule has 0 saturated heterocycles. The third-order valence-corrected chi connectivity index (χ3v) is 4.95. The number of rotatable bonds is 4. The number of phenols is 1. The number of halogens is 1. The molecule has 0 aliphatic carbocycles. The standard InChI is InChI=1S/C21H22ClN3O3/c1-13(2)21-23-19(28-24-21)12-25-6-7-27-20-16(11-25)8-15(10-18(20)26)14-4-3-5-17(22)9-14/h3-5,8-10,13,26H,6-7,11-12H2,1-2H3. The van der Waals surface area contributed by atoms with Crippen molar-refractivity contribution in [3.8, 4) is 22.6 Å². The summed E-state index contributed by atoms with van der Waals surface area (Å²) in [4.78, 5) is 6.63. The quantitative estimate of drug-likeness (QED) is 0.690. The van der Waals surface area contributed by atoms with Gasteiger partial charge < -0.3 is 14.4 Å². The fourth-order valence-electron chi connectivity index (χ4n) is 3.28. The van der Waals surface area contributed by atoms with E-state index in [-0.39, 0.29) is 11.7 Å². The Morgan fingerprint density at radius 3 is 2.82 bits per heavy atom. The Bertz CT molecular complexity index is 987. The van der Waals surface area contributed by atoms with Crippen LogP contribution in [0, 0.1) is 0 Å². The van der Waals surface area contributed by atoms with E-state index in [1.54, 1.807) is 6.07 Å². The van der Waals surface area contributed by atoms with Gasteiger partial charge in [-0.1, -0.05) is 42.7 Å². The van der Waals surface area contributed by atoms with Crippen molar-refractivity contribution in [2.24, 2.45) is 0 Å². The fraction of sp³-hybridized carbons (Fsp3) is 0.333. The molecular weight excluding hydrogens is 378 g/mol. The van der Waals surface area contributed by atoms with Crippen LogP contribution in [0.4, 0.5) is 0 Å². The predicted octanol–water partition coefficient (Wildman–Crippen LogP) is 4.61. The van der Waals surface area contributed by atoms with Gasteiger partial charge in [-0.15, -0.1) is 0 Å². The van der Waals surface area contributed by atoms with Crippen LogP contribution in [0.25, 0.3) is 11.1 Å². The zero-order chi connectivity index (χ0) is 19.7. The topological polar surface area (TPSA) is 71.6 Å². The first-order valence-electron chi connectivity index (χ1n) is 9.29. The molecule has 7 heteroatoms. The molecule has 0 amide bonds. The molecule has 1 aromatic heterocycles. The number of aromatic hydroxyl groups is 1. The van der Waals surface area contributed by atoms with Gasteiger partial charge in [0.1, 0.15) is 6.61 Å². The van der Waals surface area contributed by atoms with Crippen LogP contribution in [-0.2, 0) is 13.1 Å². The molecule has 1 aliphatic rings. The minimum atomic E-state index is 0.134.